The predicted octanol–water partition coefficient (Wildman–Crippen LogP) is 4.90. The minimum atomic E-state index is -1.04. The summed E-state index contributed by atoms with van der Waals surface area (Å²) in [6.07, 6.45) is 5.51. The molecule has 0 aromatic heterocycles. The number of hydrogen-bond acceptors (Lipinski definition) is 6. The van der Waals surface area contributed by atoms with Gasteiger partial charge >= 0.3 is 5.97 Å². The van der Waals surface area contributed by atoms with Crippen molar-refractivity contribution in [2.45, 2.75) is 118 Å². The van der Waals surface area contributed by atoms with Crippen LogP contribution in [0.15, 0.2) is 22.8 Å². The lowest BCUT2D eigenvalue weighted by molar-refractivity contribution is -0.196. The summed E-state index contributed by atoms with van der Waals surface area (Å²) in [4.78, 5) is 25.6. The molecule has 0 amide bonds. The molecule has 4 aliphatic rings. The molecule has 208 valence electrons. The van der Waals surface area contributed by atoms with Crippen LogP contribution in [0.4, 0.5) is 0 Å². The van der Waals surface area contributed by atoms with E-state index in [-0.39, 0.29) is 40.0 Å². The number of carbonyl (C=O) groups excluding carboxylic acids is 2. The lowest BCUT2D eigenvalue weighted by Gasteiger charge is -2.65. The van der Waals surface area contributed by atoms with E-state index in [0.29, 0.717) is 44.1 Å². The van der Waals surface area contributed by atoms with Crippen LogP contribution in [0.3, 0.4) is 0 Å². The highest BCUT2D eigenvalue weighted by atomic mass is 16.5. The first-order valence-electron chi connectivity index (χ1n) is 14.1. The van der Waals surface area contributed by atoms with Gasteiger partial charge in [0, 0.05) is 28.4 Å². The first-order valence-corrected chi connectivity index (χ1v) is 14.1. The maximum atomic E-state index is 13.8. The molecule has 3 saturated carbocycles. The van der Waals surface area contributed by atoms with Gasteiger partial charge in [-0.25, -0.2) is 4.79 Å². The maximum absolute atomic E-state index is 13.8. The number of hydrogen-bond donors (Lipinski definition) is 3. The van der Waals surface area contributed by atoms with E-state index >= 15 is 0 Å². The highest BCUT2D eigenvalue weighted by molar-refractivity contribution is 6.01. The van der Waals surface area contributed by atoms with Crippen molar-refractivity contribution in [1.82, 2.24) is 0 Å². The molecule has 0 bridgehead atoms. The molecule has 0 heterocycles. The Kier molecular flexibility index (Phi) is 6.95. The Balaban J connectivity index is 1.70. The van der Waals surface area contributed by atoms with Crippen molar-refractivity contribution in [1.29, 1.82) is 0 Å². The summed E-state index contributed by atoms with van der Waals surface area (Å²) in [5.74, 6) is -0.123. The molecule has 0 aromatic carbocycles. The Morgan fingerprint density at radius 1 is 1.14 bits per heavy atom. The number of rotatable bonds is 5. The number of methoxy groups -OCH3 is 1. The van der Waals surface area contributed by atoms with Gasteiger partial charge in [-0.2, -0.15) is 0 Å². The standard InChI is InChI=1S/C31H48O6/c1-18(26(35)37-8)15-20(32)16-19(2)30(7)17-22(33)25-21-9-10-23-27(3,4)24(34)11-12-28(23,5)31(21,36)14-13-29(25,30)6/h15,19-20,23-24,32,34,36H,9-14,16-17H2,1-8H3/t19-,20+,23+,24-,28+,29-,30+,31-/m1/s1. The van der Waals surface area contributed by atoms with Crippen LogP contribution in [-0.4, -0.2) is 52.0 Å². The zero-order valence-corrected chi connectivity index (χ0v) is 24.1. The number of aliphatic hydroxyl groups excluding tert-OH is 2. The van der Waals surface area contributed by atoms with Gasteiger partial charge in [0.2, 0.25) is 0 Å². The molecule has 6 heteroatoms. The molecule has 0 aliphatic heterocycles. The third-order valence-corrected chi connectivity index (χ3v) is 12.1. The molecule has 0 saturated heterocycles. The summed E-state index contributed by atoms with van der Waals surface area (Å²) >= 11 is 0. The number of esters is 1. The topological polar surface area (TPSA) is 104 Å². The van der Waals surface area contributed by atoms with Gasteiger partial charge in [0.05, 0.1) is 24.9 Å². The second kappa shape index (κ2) is 9.02. The van der Waals surface area contributed by atoms with Crippen LogP contribution in [0, 0.1) is 33.5 Å². The molecule has 0 spiro atoms. The summed E-state index contributed by atoms with van der Waals surface area (Å²) in [5.41, 5.74) is -0.294. The quantitative estimate of drug-likeness (QED) is 0.355. The summed E-state index contributed by atoms with van der Waals surface area (Å²) in [6, 6.07) is 0. The van der Waals surface area contributed by atoms with Crippen LogP contribution in [0.25, 0.3) is 0 Å². The van der Waals surface area contributed by atoms with E-state index in [0.717, 1.165) is 24.0 Å². The summed E-state index contributed by atoms with van der Waals surface area (Å²) in [7, 11) is 1.32. The van der Waals surface area contributed by atoms with Crippen molar-refractivity contribution in [3.63, 3.8) is 0 Å². The van der Waals surface area contributed by atoms with Crippen molar-refractivity contribution in [2.24, 2.45) is 33.5 Å². The Bertz CT molecular complexity index is 1040. The molecule has 4 aliphatic carbocycles. The number of aliphatic hydroxyl groups is 3. The fourth-order valence-corrected chi connectivity index (χ4v) is 9.31. The molecular weight excluding hydrogens is 468 g/mol. The van der Waals surface area contributed by atoms with Gasteiger partial charge < -0.3 is 20.1 Å². The lowest BCUT2D eigenvalue weighted by atomic mass is 9.41. The van der Waals surface area contributed by atoms with Crippen molar-refractivity contribution in [3.8, 4) is 0 Å². The van der Waals surface area contributed by atoms with E-state index in [1.165, 1.54) is 7.11 Å². The SMILES string of the molecule is COC(=O)C(C)=C[C@H](O)C[C@@H](C)[C@]1(C)CC(=O)C2=C3CC[C@H]4C(C)(C)[C@H](O)CC[C@]4(C)[C@@]3(O)CC[C@]21C. The van der Waals surface area contributed by atoms with E-state index in [1.54, 1.807) is 13.0 Å². The molecule has 6 nitrogen and oxygen atoms in total. The second-order valence-corrected chi connectivity index (χ2v) is 14.0. The average molecular weight is 517 g/mol. The number of ketones is 1. The molecule has 8 atom stereocenters. The fourth-order valence-electron chi connectivity index (χ4n) is 9.31. The summed E-state index contributed by atoms with van der Waals surface area (Å²) in [5, 5.41) is 34.1. The molecule has 3 N–H and O–H groups in total. The zero-order valence-electron chi connectivity index (χ0n) is 24.1. The van der Waals surface area contributed by atoms with Gasteiger partial charge in [-0.1, -0.05) is 41.5 Å². The van der Waals surface area contributed by atoms with Gasteiger partial charge in [-0.15, -0.1) is 0 Å². The van der Waals surface area contributed by atoms with Gasteiger partial charge in [0.1, 0.15) is 0 Å². The molecule has 0 aromatic rings. The lowest BCUT2D eigenvalue weighted by Crippen LogP contribution is -2.64. The third-order valence-electron chi connectivity index (χ3n) is 12.1. The van der Waals surface area contributed by atoms with Gasteiger partial charge in [-0.05, 0) is 86.2 Å². The number of carbonyl (C=O) groups is 2. The molecule has 37 heavy (non-hydrogen) atoms. The minimum absolute atomic E-state index is 0.0122. The average Bonchev–Trinajstić information content (AvgIpc) is 3.02. The van der Waals surface area contributed by atoms with E-state index < -0.39 is 23.1 Å². The molecule has 4 rings (SSSR count). The van der Waals surface area contributed by atoms with Crippen molar-refractivity contribution < 1.29 is 29.6 Å². The second-order valence-electron chi connectivity index (χ2n) is 14.0. The van der Waals surface area contributed by atoms with Crippen LogP contribution < -0.4 is 0 Å². The number of allylic oxidation sites excluding steroid dienone is 1. The van der Waals surface area contributed by atoms with E-state index in [4.69, 9.17) is 4.74 Å². The van der Waals surface area contributed by atoms with E-state index in [1.807, 2.05) is 0 Å². The van der Waals surface area contributed by atoms with Crippen molar-refractivity contribution in [2.75, 3.05) is 7.11 Å². The van der Waals surface area contributed by atoms with E-state index in [2.05, 4.69) is 41.5 Å². The van der Waals surface area contributed by atoms with Crippen LogP contribution >= 0.6 is 0 Å². The zero-order chi connectivity index (χ0) is 27.8. The Morgan fingerprint density at radius 3 is 2.41 bits per heavy atom. The molecule has 0 radical (unpaired) electrons. The number of fused-ring (bicyclic) bond motifs is 4. The largest absolute Gasteiger partial charge is 0.466 e. The first kappa shape index (κ1) is 28.5. The van der Waals surface area contributed by atoms with Crippen molar-refractivity contribution >= 4 is 11.8 Å². The Labute approximate surface area is 222 Å². The number of ether oxygens (including phenoxy) is 1. The van der Waals surface area contributed by atoms with Gasteiger partial charge in [0.25, 0.3) is 0 Å². The molecule has 3 fully saturated rings. The molecular formula is C31H48O6. The van der Waals surface area contributed by atoms with Gasteiger partial charge in [-0.3, -0.25) is 4.79 Å². The van der Waals surface area contributed by atoms with Crippen molar-refractivity contribution in [3.05, 3.63) is 22.8 Å². The van der Waals surface area contributed by atoms with Crippen LogP contribution in [0.5, 0.6) is 0 Å². The Hall–Kier alpha value is -1.50. The van der Waals surface area contributed by atoms with Gasteiger partial charge in [0.15, 0.2) is 5.78 Å². The first-order chi connectivity index (χ1) is 17.0. The molecule has 0 unspecified atom stereocenters. The smallest absolute Gasteiger partial charge is 0.333 e. The van der Waals surface area contributed by atoms with Crippen LogP contribution in [0.1, 0.15) is 99.8 Å². The number of Topliss-reactive ketones (excluding diaryl/α,β-unsaturated/α-hetero) is 1. The fraction of sp³-hybridized carbons (Fsp3) is 0.806. The highest BCUT2D eigenvalue weighted by Crippen LogP contribution is 2.71. The predicted molar refractivity (Wildman–Crippen MR) is 142 cm³/mol. The third kappa shape index (κ3) is 3.83. The highest BCUT2D eigenvalue weighted by Gasteiger charge is 2.69. The van der Waals surface area contributed by atoms with Crippen LogP contribution in [0.2, 0.25) is 0 Å². The summed E-state index contributed by atoms with van der Waals surface area (Å²) < 4.78 is 4.76. The summed E-state index contributed by atoms with van der Waals surface area (Å²) in [6.45, 7) is 14.6. The van der Waals surface area contributed by atoms with Crippen LogP contribution in [-0.2, 0) is 14.3 Å². The monoisotopic (exact) mass is 516 g/mol. The van der Waals surface area contributed by atoms with E-state index in [9.17, 15) is 24.9 Å². The Morgan fingerprint density at radius 2 is 1.78 bits per heavy atom. The normalized spacial score (nSPS) is 43.0. The minimum Gasteiger partial charge on any atom is -0.466 e. The maximum Gasteiger partial charge on any atom is 0.333 e.